The number of aromatic nitrogens is 2. The molecular weight excluding hydrogens is 846 g/mol. The van der Waals surface area contributed by atoms with E-state index < -0.39 is 0 Å². The molecule has 0 fully saturated rings. The van der Waals surface area contributed by atoms with Crippen molar-refractivity contribution in [1.29, 1.82) is 0 Å². The topological polar surface area (TPSA) is 48.6 Å². The van der Waals surface area contributed by atoms with Gasteiger partial charge in [-0.05, 0) is 61.9 Å². The standard InChI is InChI=1S/C48H53N3O2.Pt/c1-45(2,3)32-18-21-39-38(27-32)37-20-19-35(29-40(37)51(39)41-28-33(22-23-49-41)46(4,5)6)52-36-25-31(24-34(26-36)47(7,8)9)44-50-43(48(10,11)12)42(53-44)30-16-14-13-15-17-30;/h13-24,26-28,42-43H,1-12H3;/q-2;+2/t42-,43-;/m0./s1. The molecule has 0 saturated carbocycles. The molecule has 0 N–H and O–H groups in total. The van der Waals surface area contributed by atoms with Gasteiger partial charge in [-0.1, -0.05) is 149 Å². The summed E-state index contributed by atoms with van der Waals surface area (Å²) in [6.45, 7) is 26.7. The van der Waals surface area contributed by atoms with Gasteiger partial charge in [0.1, 0.15) is 17.8 Å². The minimum Gasteiger partial charge on any atom is -0.510 e. The minimum absolute atomic E-state index is 0. The molecule has 54 heavy (non-hydrogen) atoms. The van der Waals surface area contributed by atoms with Crippen molar-refractivity contribution in [2.24, 2.45) is 10.4 Å². The average molecular weight is 899 g/mol. The van der Waals surface area contributed by atoms with E-state index in [0.29, 0.717) is 17.4 Å². The Balaban J connectivity index is 0.00000497. The van der Waals surface area contributed by atoms with Crippen LogP contribution in [0, 0.1) is 17.5 Å². The van der Waals surface area contributed by atoms with Gasteiger partial charge in [-0.2, -0.15) is 6.07 Å². The van der Waals surface area contributed by atoms with Crippen molar-refractivity contribution in [3.8, 4) is 17.3 Å². The predicted molar refractivity (Wildman–Crippen MR) is 219 cm³/mol. The van der Waals surface area contributed by atoms with Gasteiger partial charge in [0, 0.05) is 23.2 Å². The number of nitrogens with zero attached hydrogens (tertiary/aromatic N) is 3. The third kappa shape index (κ3) is 7.80. The molecule has 1 aliphatic rings. The average Bonchev–Trinajstić information content (AvgIpc) is 3.68. The molecule has 5 nitrogen and oxygen atoms in total. The van der Waals surface area contributed by atoms with Crippen LogP contribution in [0.5, 0.6) is 11.5 Å². The van der Waals surface area contributed by atoms with Crippen molar-refractivity contribution in [2.75, 3.05) is 0 Å². The fourth-order valence-corrected chi connectivity index (χ4v) is 7.04. The Hall–Kier alpha value is -4.21. The first-order chi connectivity index (χ1) is 24.8. The number of hydrogen-bond donors (Lipinski definition) is 0. The molecule has 0 saturated heterocycles. The van der Waals surface area contributed by atoms with Crippen LogP contribution in [0.3, 0.4) is 0 Å². The molecule has 0 radical (unpaired) electrons. The zero-order valence-corrected chi connectivity index (χ0v) is 36.1. The minimum atomic E-state index is -0.191. The van der Waals surface area contributed by atoms with Gasteiger partial charge < -0.3 is 14.0 Å². The largest absolute Gasteiger partial charge is 2.00 e. The maximum Gasteiger partial charge on any atom is 2.00 e. The van der Waals surface area contributed by atoms with Crippen LogP contribution >= 0.6 is 0 Å². The molecule has 7 rings (SSSR count). The molecule has 4 aromatic carbocycles. The van der Waals surface area contributed by atoms with Crippen LogP contribution in [0.25, 0.3) is 27.6 Å². The number of hydrogen-bond acceptors (Lipinski definition) is 4. The Labute approximate surface area is 336 Å². The van der Waals surface area contributed by atoms with Gasteiger partial charge in [-0.3, -0.25) is 4.99 Å². The summed E-state index contributed by atoms with van der Waals surface area (Å²) in [5.41, 5.74) is 7.22. The molecule has 282 valence electrons. The van der Waals surface area contributed by atoms with Gasteiger partial charge in [-0.15, -0.1) is 29.1 Å². The van der Waals surface area contributed by atoms with Crippen LogP contribution in [-0.4, -0.2) is 21.5 Å². The van der Waals surface area contributed by atoms with Gasteiger partial charge in [0.15, 0.2) is 0 Å². The fourth-order valence-electron chi connectivity index (χ4n) is 7.04. The van der Waals surface area contributed by atoms with Gasteiger partial charge in [-0.25, -0.2) is 4.98 Å². The number of fused-ring (bicyclic) bond motifs is 3. The van der Waals surface area contributed by atoms with Crippen molar-refractivity contribution in [3.63, 3.8) is 0 Å². The number of aliphatic imine (C=N–C) groups is 1. The van der Waals surface area contributed by atoms with Crippen molar-refractivity contribution in [2.45, 2.75) is 111 Å². The zero-order chi connectivity index (χ0) is 38.1. The molecule has 6 aromatic rings. The molecule has 0 aliphatic carbocycles. The van der Waals surface area contributed by atoms with E-state index in [2.05, 4.69) is 173 Å². The van der Waals surface area contributed by atoms with E-state index >= 15 is 0 Å². The summed E-state index contributed by atoms with van der Waals surface area (Å²) in [4.78, 5) is 10.1. The molecule has 0 amide bonds. The molecular formula is C48H53N3O2Pt. The molecule has 0 spiro atoms. The molecule has 0 bridgehead atoms. The molecule has 3 heterocycles. The van der Waals surface area contributed by atoms with Crippen LogP contribution < -0.4 is 4.74 Å². The first-order valence-electron chi connectivity index (χ1n) is 18.8. The Morgan fingerprint density at radius 2 is 1.31 bits per heavy atom. The summed E-state index contributed by atoms with van der Waals surface area (Å²) in [5.74, 6) is 2.64. The van der Waals surface area contributed by atoms with Crippen molar-refractivity contribution in [3.05, 3.63) is 131 Å². The second-order valence-electron chi connectivity index (χ2n) is 18.7. The summed E-state index contributed by atoms with van der Waals surface area (Å²) in [6, 6.07) is 37.0. The Kier molecular flexibility index (Phi) is 10.3. The first kappa shape index (κ1) is 39.5. The predicted octanol–water partition coefficient (Wildman–Crippen LogP) is 12.4. The van der Waals surface area contributed by atoms with Gasteiger partial charge in [0.2, 0.25) is 0 Å². The zero-order valence-electron chi connectivity index (χ0n) is 33.8. The Bertz CT molecular complexity index is 2350. The second-order valence-corrected chi connectivity index (χ2v) is 18.7. The smallest absolute Gasteiger partial charge is 0.510 e. The van der Waals surface area contributed by atoms with Crippen LogP contribution in [0.4, 0.5) is 0 Å². The fraction of sp³-hybridized carbons (Fsp3) is 0.375. The molecule has 0 unspecified atom stereocenters. The summed E-state index contributed by atoms with van der Waals surface area (Å²) < 4.78 is 15.6. The van der Waals surface area contributed by atoms with Gasteiger partial charge in [0.05, 0.1) is 6.04 Å². The number of rotatable bonds is 5. The Morgan fingerprint density at radius 1 is 0.648 bits per heavy atom. The normalized spacial score (nSPS) is 16.6. The maximum absolute atomic E-state index is 6.72. The number of benzene rings is 4. The van der Waals surface area contributed by atoms with E-state index in [1.54, 1.807) is 0 Å². The summed E-state index contributed by atoms with van der Waals surface area (Å²) in [7, 11) is 0. The quantitative estimate of drug-likeness (QED) is 0.162. The van der Waals surface area contributed by atoms with Crippen LogP contribution in [0.15, 0.2) is 96.1 Å². The summed E-state index contributed by atoms with van der Waals surface area (Å²) in [5, 5.41) is 2.27. The van der Waals surface area contributed by atoms with Crippen LogP contribution in [0.2, 0.25) is 0 Å². The van der Waals surface area contributed by atoms with E-state index in [0.717, 1.165) is 38.9 Å². The van der Waals surface area contributed by atoms with Crippen molar-refractivity contribution in [1.82, 2.24) is 9.55 Å². The van der Waals surface area contributed by atoms with Gasteiger partial charge >= 0.3 is 21.1 Å². The Morgan fingerprint density at radius 3 is 1.96 bits per heavy atom. The van der Waals surface area contributed by atoms with Crippen molar-refractivity contribution < 1.29 is 30.5 Å². The second kappa shape index (κ2) is 14.1. The molecule has 1 aliphatic heterocycles. The van der Waals surface area contributed by atoms with Gasteiger partial charge in [0.25, 0.3) is 0 Å². The van der Waals surface area contributed by atoms with E-state index in [9.17, 15) is 0 Å². The number of pyridine rings is 1. The van der Waals surface area contributed by atoms with Crippen LogP contribution in [-0.2, 0) is 42.0 Å². The maximum atomic E-state index is 6.72. The van der Waals surface area contributed by atoms with Crippen molar-refractivity contribution >= 4 is 27.7 Å². The third-order valence-electron chi connectivity index (χ3n) is 10.3. The van der Waals surface area contributed by atoms with E-state index in [1.165, 1.54) is 16.5 Å². The van der Waals surface area contributed by atoms with E-state index in [-0.39, 0.29) is 54.9 Å². The molecule has 2 aromatic heterocycles. The van der Waals surface area contributed by atoms with E-state index in [4.69, 9.17) is 19.5 Å². The first-order valence-corrected chi connectivity index (χ1v) is 18.8. The molecule has 6 heteroatoms. The van der Waals surface area contributed by atoms with E-state index in [1.807, 2.05) is 18.3 Å². The SMILES string of the molecule is CC(C)(C)c1cc(Oc2[c-]c3c(cc2)c2cc(C(C)(C)C)ccc2n3-c2cc(C(C)(C)C)ccn2)[c-]c(C2=N[C@H](C(C)(C)C)[C@H](c3ccccc3)O2)c1.[Pt+2]. The summed E-state index contributed by atoms with van der Waals surface area (Å²) in [6.07, 6.45) is 1.72. The molecule has 2 atom stereocenters. The summed E-state index contributed by atoms with van der Waals surface area (Å²) >= 11 is 0. The van der Waals surface area contributed by atoms with Crippen LogP contribution in [0.1, 0.15) is 117 Å². The number of ether oxygens (including phenoxy) is 2. The monoisotopic (exact) mass is 898 g/mol. The third-order valence-corrected chi connectivity index (χ3v) is 10.3.